The number of aliphatic hydroxyl groups excluding tert-OH is 1. The molecule has 1 N–H and O–H groups in total. The Bertz CT molecular complexity index is 907. The normalized spacial score (nSPS) is 17.9. The van der Waals surface area contributed by atoms with Crippen molar-refractivity contribution >= 4 is 17.9 Å². The van der Waals surface area contributed by atoms with Crippen molar-refractivity contribution in [2.24, 2.45) is 0 Å². The van der Waals surface area contributed by atoms with Gasteiger partial charge in [0.1, 0.15) is 16.7 Å². The molecule has 0 aliphatic carbocycles. The van der Waals surface area contributed by atoms with E-state index in [0.717, 1.165) is 30.2 Å². The lowest BCUT2D eigenvalue weighted by Crippen LogP contribution is -2.50. The standard InChI is InChI=1S/C20H19F2N3O2S/c21-15-4-5-16(18(22)7-15)17(12-26)20(27)24-8-13(9-24)14-10-25(11-14)28-19-3-1-2-6-23-19/h1-7,17,26H,8-12H2. The number of benzene rings is 1. The van der Waals surface area contributed by atoms with Gasteiger partial charge in [-0.1, -0.05) is 12.1 Å². The zero-order valence-electron chi connectivity index (χ0n) is 15.0. The summed E-state index contributed by atoms with van der Waals surface area (Å²) in [5.74, 6) is -2.87. The first-order valence-corrected chi connectivity index (χ1v) is 9.71. The number of pyridine rings is 1. The van der Waals surface area contributed by atoms with Crippen molar-refractivity contribution in [1.82, 2.24) is 14.2 Å². The summed E-state index contributed by atoms with van der Waals surface area (Å²) in [4.78, 5) is 18.5. The molecule has 0 saturated carbocycles. The van der Waals surface area contributed by atoms with Crippen LogP contribution in [-0.2, 0) is 4.79 Å². The van der Waals surface area contributed by atoms with Crippen molar-refractivity contribution in [2.75, 3.05) is 32.8 Å². The molecule has 4 rings (SSSR count). The fourth-order valence-electron chi connectivity index (χ4n) is 3.31. The van der Waals surface area contributed by atoms with Gasteiger partial charge in [-0.2, -0.15) is 0 Å². The smallest absolute Gasteiger partial charge is 0.233 e. The number of carbonyl (C=O) groups is 1. The first kappa shape index (κ1) is 19.0. The largest absolute Gasteiger partial charge is 0.395 e. The Morgan fingerprint density at radius 2 is 1.89 bits per heavy atom. The van der Waals surface area contributed by atoms with Crippen LogP contribution < -0.4 is 0 Å². The average Bonchev–Trinajstić information content (AvgIpc) is 2.61. The van der Waals surface area contributed by atoms with E-state index >= 15 is 0 Å². The number of carbonyl (C=O) groups excluding carboxylic acids is 1. The lowest BCUT2D eigenvalue weighted by atomic mass is 9.92. The molecule has 0 spiro atoms. The molecule has 5 nitrogen and oxygen atoms in total. The van der Waals surface area contributed by atoms with Gasteiger partial charge >= 0.3 is 0 Å². The highest BCUT2D eigenvalue weighted by molar-refractivity contribution is 7.97. The van der Waals surface area contributed by atoms with Crippen LogP contribution in [0.2, 0.25) is 0 Å². The molecule has 1 atom stereocenters. The van der Waals surface area contributed by atoms with E-state index in [4.69, 9.17) is 0 Å². The number of halogens is 2. The number of hydrogen-bond acceptors (Lipinski definition) is 5. The quantitative estimate of drug-likeness (QED) is 0.614. The second kappa shape index (κ2) is 7.98. The van der Waals surface area contributed by atoms with Gasteiger partial charge in [0.15, 0.2) is 0 Å². The fraction of sp³-hybridized carbons (Fsp3) is 0.300. The van der Waals surface area contributed by atoms with E-state index in [-0.39, 0.29) is 11.5 Å². The second-order valence-electron chi connectivity index (χ2n) is 6.86. The van der Waals surface area contributed by atoms with Crippen LogP contribution >= 0.6 is 11.9 Å². The van der Waals surface area contributed by atoms with Crippen molar-refractivity contribution in [3.05, 3.63) is 70.9 Å². The molecule has 1 aromatic carbocycles. The minimum Gasteiger partial charge on any atom is -0.395 e. The third kappa shape index (κ3) is 3.80. The third-order valence-corrected chi connectivity index (χ3v) is 5.93. The van der Waals surface area contributed by atoms with Crippen molar-refractivity contribution < 1.29 is 18.7 Å². The van der Waals surface area contributed by atoms with Crippen LogP contribution in [0.15, 0.2) is 58.8 Å². The monoisotopic (exact) mass is 403 g/mol. The first-order valence-electron chi connectivity index (χ1n) is 8.93. The molecule has 28 heavy (non-hydrogen) atoms. The van der Waals surface area contributed by atoms with Crippen LogP contribution in [0.1, 0.15) is 11.5 Å². The predicted octanol–water partition coefficient (Wildman–Crippen LogP) is 2.60. The number of nitrogens with zero attached hydrogens (tertiary/aromatic N) is 3. The minimum atomic E-state index is -1.01. The van der Waals surface area contributed by atoms with Gasteiger partial charge in [0.2, 0.25) is 5.91 Å². The van der Waals surface area contributed by atoms with Gasteiger partial charge in [0, 0.05) is 44.0 Å². The van der Waals surface area contributed by atoms with Crippen LogP contribution in [0.5, 0.6) is 0 Å². The van der Waals surface area contributed by atoms with Crippen molar-refractivity contribution in [2.45, 2.75) is 10.9 Å². The van der Waals surface area contributed by atoms with E-state index in [1.165, 1.54) is 17.2 Å². The highest BCUT2D eigenvalue weighted by Gasteiger charge is 2.36. The number of aromatic nitrogens is 1. The molecule has 2 aromatic rings. The van der Waals surface area contributed by atoms with Crippen LogP contribution in [0, 0.1) is 11.6 Å². The van der Waals surface area contributed by atoms with Crippen molar-refractivity contribution in [3.8, 4) is 0 Å². The molecule has 3 heterocycles. The number of amides is 1. The fourth-order valence-corrected chi connectivity index (χ4v) is 4.26. The molecule has 2 aliphatic heterocycles. The molecular weight excluding hydrogens is 384 g/mol. The van der Waals surface area contributed by atoms with E-state index in [1.54, 1.807) is 23.0 Å². The second-order valence-corrected chi connectivity index (χ2v) is 7.98. The van der Waals surface area contributed by atoms with Crippen LogP contribution in [0.4, 0.5) is 8.78 Å². The third-order valence-electron chi connectivity index (χ3n) is 4.99. The summed E-state index contributed by atoms with van der Waals surface area (Å²) in [6, 6.07) is 8.85. The maximum Gasteiger partial charge on any atom is 0.233 e. The molecule has 0 bridgehead atoms. The van der Waals surface area contributed by atoms with Gasteiger partial charge in [-0.05, 0) is 41.3 Å². The van der Waals surface area contributed by atoms with Crippen LogP contribution in [0.3, 0.4) is 0 Å². The predicted molar refractivity (Wildman–Crippen MR) is 101 cm³/mol. The number of aliphatic hydroxyl groups is 1. The Balaban J connectivity index is 1.33. The van der Waals surface area contributed by atoms with E-state index in [9.17, 15) is 18.7 Å². The molecule has 1 aromatic heterocycles. The molecule has 2 fully saturated rings. The maximum absolute atomic E-state index is 14.0. The molecule has 2 aliphatic rings. The summed E-state index contributed by atoms with van der Waals surface area (Å²) >= 11 is 1.60. The zero-order chi connectivity index (χ0) is 19.7. The van der Waals surface area contributed by atoms with E-state index < -0.39 is 24.2 Å². The summed E-state index contributed by atoms with van der Waals surface area (Å²) in [5, 5.41) is 10.5. The van der Waals surface area contributed by atoms with E-state index in [1.807, 2.05) is 18.2 Å². The van der Waals surface area contributed by atoms with Crippen molar-refractivity contribution in [1.29, 1.82) is 0 Å². The SMILES string of the molecule is O=C(C(CO)c1ccc(F)cc1F)N1CC(=C2CN(Sc3ccccn3)C2)C1. The number of likely N-dealkylation sites (tertiary alicyclic amines) is 1. The lowest BCUT2D eigenvalue weighted by molar-refractivity contribution is -0.135. The van der Waals surface area contributed by atoms with Crippen molar-refractivity contribution in [3.63, 3.8) is 0 Å². The van der Waals surface area contributed by atoms with E-state index in [2.05, 4.69) is 9.29 Å². The molecule has 146 valence electrons. The minimum absolute atomic E-state index is 0.0246. The molecular formula is C20H19F2N3O2S. The Morgan fingerprint density at radius 3 is 2.54 bits per heavy atom. The maximum atomic E-state index is 14.0. The van der Waals surface area contributed by atoms with Gasteiger partial charge in [0.25, 0.3) is 0 Å². The molecule has 2 saturated heterocycles. The highest BCUT2D eigenvalue weighted by atomic mass is 32.2. The summed E-state index contributed by atoms with van der Waals surface area (Å²) in [6.45, 7) is 2.13. The lowest BCUT2D eigenvalue weighted by Gasteiger charge is -2.42. The Kier molecular flexibility index (Phi) is 5.43. The average molecular weight is 403 g/mol. The van der Waals surface area contributed by atoms with Gasteiger partial charge in [-0.15, -0.1) is 0 Å². The Hall–Kier alpha value is -2.29. The topological polar surface area (TPSA) is 56.7 Å². The van der Waals surface area contributed by atoms with Gasteiger partial charge < -0.3 is 10.0 Å². The van der Waals surface area contributed by atoms with Crippen LogP contribution in [0.25, 0.3) is 0 Å². The number of rotatable bonds is 5. The Morgan fingerprint density at radius 1 is 1.14 bits per heavy atom. The Labute approximate surface area is 165 Å². The summed E-state index contributed by atoms with van der Waals surface area (Å²) in [5.41, 5.74) is 2.54. The molecule has 0 radical (unpaired) electrons. The zero-order valence-corrected chi connectivity index (χ0v) is 15.8. The molecule has 1 unspecified atom stereocenters. The molecule has 8 heteroatoms. The first-order chi connectivity index (χ1) is 13.5. The van der Waals surface area contributed by atoms with Gasteiger partial charge in [0.05, 0.1) is 12.5 Å². The number of hydrogen-bond donors (Lipinski definition) is 1. The van der Waals surface area contributed by atoms with Gasteiger partial charge in [-0.3, -0.25) is 4.79 Å². The summed E-state index contributed by atoms with van der Waals surface area (Å²) in [7, 11) is 0. The summed E-state index contributed by atoms with van der Waals surface area (Å²) in [6.07, 6.45) is 1.76. The van der Waals surface area contributed by atoms with Crippen LogP contribution in [-0.4, -0.2) is 58.0 Å². The van der Waals surface area contributed by atoms with Gasteiger partial charge in [-0.25, -0.2) is 18.1 Å². The van der Waals surface area contributed by atoms with E-state index in [0.29, 0.717) is 13.1 Å². The molecule has 1 amide bonds. The highest BCUT2D eigenvalue weighted by Crippen LogP contribution is 2.34. The summed E-state index contributed by atoms with van der Waals surface area (Å²) < 4.78 is 29.3.